The molecule has 3 aromatic rings. The van der Waals surface area contributed by atoms with Gasteiger partial charge in [-0.25, -0.2) is 9.78 Å². The lowest BCUT2D eigenvalue weighted by atomic mass is 9.89. The summed E-state index contributed by atoms with van der Waals surface area (Å²) in [6.07, 6.45) is 2.40. The molecule has 1 aliphatic rings. The highest BCUT2D eigenvalue weighted by Gasteiger charge is 2.24. The van der Waals surface area contributed by atoms with E-state index in [-0.39, 0.29) is 5.56 Å². The standard InChI is InChI=1S/C21H22N2O3S/c1-11-8-9-15-16(10-11)27-20-17(15)19(24)22-18(23-20)13(3)26-21(25)14-7-5-4-6-12(14)2/h4-7,11,13H,8-10H2,1-3H3,(H,22,23,24)/t11-,13+/m1/s1. The van der Waals surface area contributed by atoms with Crippen molar-refractivity contribution in [3.63, 3.8) is 0 Å². The Balaban J connectivity index is 1.65. The number of carbonyl (C=O) groups excluding carboxylic acids is 1. The van der Waals surface area contributed by atoms with Crippen LogP contribution >= 0.6 is 11.3 Å². The van der Waals surface area contributed by atoms with Gasteiger partial charge >= 0.3 is 5.97 Å². The average molecular weight is 382 g/mol. The lowest BCUT2D eigenvalue weighted by Gasteiger charge is -2.17. The van der Waals surface area contributed by atoms with Crippen molar-refractivity contribution in [2.75, 3.05) is 0 Å². The van der Waals surface area contributed by atoms with Crippen molar-refractivity contribution in [1.29, 1.82) is 0 Å². The van der Waals surface area contributed by atoms with Crippen LogP contribution in [0.3, 0.4) is 0 Å². The Morgan fingerprint density at radius 1 is 1.37 bits per heavy atom. The molecule has 6 heteroatoms. The maximum Gasteiger partial charge on any atom is 0.339 e. The van der Waals surface area contributed by atoms with Gasteiger partial charge in [0.2, 0.25) is 0 Å². The molecule has 140 valence electrons. The van der Waals surface area contributed by atoms with E-state index in [1.165, 1.54) is 4.88 Å². The molecule has 0 aliphatic heterocycles. The minimum absolute atomic E-state index is 0.138. The molecule has 2 heterocycles. The van der Waals surface area contributed by atoms with Crippen molar-refractivity contribution in [2.24, 2.45) is 5.92 Å². The van der Waals surface area contributed by atoms with Gasteiger partial charge in [0.1, 0.15) is 4.83 Å². The summed E-state index contributed by atoms with van der Waals surface area (Å²) in [5.74, 6) is 0.613. The molecule has 0 unspecified atom stereocenters. The number of hydrogen-bond acceptors (Lipinski definition) is 5. The summed E-state index contributed by atoms with van der Waals surface area (Å²) < 4.78 is 5.56. The Kier molecular flexibility index (Phi) is 4.60. The van der Waals surface area contributed by atoms with Gasteiger partial charge in [-0.3, -0.25) is 4.79 Å². The minimum atomic E-state index is -0.632. The first-order chi connectivity index (χ1) is 12.9. The molecule has 0 radical (unpaired) electrons. The van der Waals surface area contributed by atoms with Crippen LogP contribution in [0.1, 0.15) is 58.6 Å². The first kappa shape index (κ1) is 17.9. The summed E-state index contributed by atoms with van der Waals surface area (Å²) in [5, 5.41) is 0.711. The molecular formula is C21H22N2O3S. The number of H-pyrrole nitrogens is 1. The molecule has 2 aromatic heterocycles. The number of aromatic nitrogens is 2. The summed E-state index contributed by atoms with van der Waals surface area (Å²) in [5.41, 5.74) is 2.39. The van der Waals surface area contributed by atoms with Crippen LogP contribution in [0.4, 0.5) is 0 Å². The zero-order chi connectivity index (χ0) is 19.1. The molecule has 0 amide bonds. The van der Waals surface area contributed by atoms with Gasteiger partial charge in [-0.15, -0.1) is 11.3 Å². The zero-order valence-electron chi connectivity index (χ0n) is 15.7. The lowest BCUT2D eigenvalue weighted by molar-refractivity contribution is 0.0319. The van der Waals surface area contributed by atoms with Gasteiger partial charge in [0, 0.05) is 4.88 Å². The Morgan fingerprint density at radius 2 is 2.15 bits per heavy atom. The molecule has 1 N–H and O–H groups in total. The second-order valence-electron chi connectivity index (χ2n) is 7.35. The maximum atomic E-state index is 12.7. The number of carbonyl (C=O) groups is 1. The lowest BCUT2D eigenvalue weighted by Crippen LogP contribution is -2.18. The normalized spacial score (nSPS) is 17.5. The van der Waals surface area contributed by atoms with Crippen LogP contribution in [0.2, 0.25) is 0 Å². The van der Waals surface area contributed by atoms with E-state index in [0.29, 0.717) is 22.7 Å². The Hall–Kier alpha value is -2.47. The molecule has 1 aromatic carbocycles. The van der Waals surface area contributed by atoms with Crippen molar-refractivity contribution in [2.45, 2.75) is 46.1 Å². The molecule has 0 bridgehead atoms. The van der Waals surface area contributed by atoms with E-state index in [9.17, 15) is 9.59 Å². The number of thiophene rings is 1. The van der Waals surface area contributed by atoms with Crippen molar-refractivity contribution in [3.8, 4) is 0 Å². The van der Waals surface area contributed by atoms with Gasteiger partial charge < -0.3 is 9.72 Å². The molecule has 4 rings (SSSR count). The number of esters is 1. The predicted octanol–water partition coefficient (Wildman–Crippen LogP) is 4.34. The molecule has 5 nitrogen and oxygen atoms in total. The number of hydrogen-bond donors (Lipinski definition) is 1. The molecule has 0 spiro atoms. The highest BCUT2D eigenvalue weighted by Crippen LogP contribution is 2.36. The van der Waals surface area contributed by atoms with Crippen LogP contribution in [0.5, 0.6) is 0 Å². The monoisotopic (exact) mass is 382 g/mol. The summed E-state index contributed by atoms with van der Waals surface area (Å²) in [6.45, 7) is 5.84. The second kappa shape index (κ2) is 6.93. The minimum Gasteiger partial charge on any atom is -0.451 e. The maximum absolute atomic E-state index is 12.7. The molecular weight excluding hydrogens is 360 g/mol. The topological polar surface area (TPSA) is 72.0 Å². The number of ether oxygens (including phenoxy) is 1. The van der Waals surface area contributed by atoms with Crippen LogP contribution in [-0.4, -0.2) is 15.9 Å². The van der Waals surface area contributed by atoms with Crippen molar-refractivity contribution >= 4 is 27.5 Å². The average Bonchev–Trinajstić information content (AvgIpc) is 2.99. The zero-order valence-corrected chi connectivity index (χ0v) is 16.5. The van der Waals surface area contributed by atoms with E-state index >= 15 is 0 Å². The van der Waals surface area contributed by atoms with E-state index in [1.54, 1.807) is 30.4 Å². The number of aromatic amines is 1. The third kappa shape index (κ3) is 3.30. The fourth-order valence-corrected chi connectivity index (χ4v) is 5.03. The van der Waals surface area contributed by atoms with Crippen molar-refractivity contribution in [1.82, 2.24) is 9.97 Å². The van der Waals surface area contributed by atoms with E-state index in [4.69, 9.17) is 4.74 Å². The number of fused-ring (bicyclic) bond motifs is 3. The highest BCUT2D eigenvalue weighted by molar-refractivity contribution is 7.18. The fraction of sp³-hybridized carbons (Fsp3) is 0.381. The van der Waals surface area contributed by atoms with E-state index in [2.05, 4.69) is 16.9 Å². The number of nitrogens with zero attached hydrogens (tertiary/aromatic N) is 1. The van der Waals surface area contributed by atoms with E-state index < -0.39 is 12.1 Å². The van der Waals surface area contributed by atoms with Gasteiger partial charge in [0.25, 0.3) is 5.56 Å². The molecule has 27 heavy (non-hydrogen) atoms. The number of rotatable bonds is 3. The third-order valence-corrected chi connectivity index (χ3v) is 6.37. The Morgan fingerprint density at radius 3 is 2.93 bits per heavy atom. The van der Waals surface area contributed by atoms with Crippen LogP contribution in [0, 0.1) is 12.8 Å². The first-order valence-electron chi connectivity index (χ1n) is 9.25. The van der Waals surface area contributed by atoms with Crippen LogP contribution in [0.15, 0.2) is 29.1 Å². The van der Waals surface area contributed by atoms with Crippen molar-refractivity contribution < 1.29 is 9.53 Å². The number of aryl methyl sites for hydroxylation is 2. The summed E-state index contributed by atoms with van der Waals surface area (Å²) >= 11 is 1.60. The van der Waals surface area contributed by atoms with Gasteiger partial charge in [-0.1, -0.05) is 25.1 Å². The number of nitrogens with one attached hydrogen (secondary N) is 1. The SMILES string of the molecule is Cc1ccccc1C(=O)O[C@@H](C)c1nc2sc3c(c2c(=O)[nH]1)CC[C@@H](C)C3. The molecule has 0 saturated heterocycles. The Bertz CT molecular complexity index is 1080. The van der Waals surface area contributed by atoms with Gasteiger partial charge in [-0.2, -0.15) is 0 Å². The molecule has 1 aliphatic carbocycles. The van der Waals surface area contributed by atoms with Gasteiger partial charge in [0.05, 0.1) is 10.9 Å². The first-order valence-corrected chi connectivity index (χ1v) is 10.1. The highest BCUT2D eigenvalue weighted by atomic mass is 32.1. The molecule has 0 saturated carbocycles. The fourth-order valence-electron chi connectivity index (χ4n) is 3.64. The quantitative estimate of drug-likeness (QED) is 0.684. The summed E-state index contributed by atoms with van der Waals surface area (Å²) in [7, 11) is 0. The Labute approximate surface area is 161 Å². The molecule has 0 fully saturated rings. The van der Waals surface area contributed by atoms with Crippen LogP contribution in [-0.2, 0) is 17.6 Å². The summed E-state index contributed by atoms with van der Waals surface area (Å²) in [4.78, 5) is 34.6. The predicted molar refractivity (Wildman–Crippen MR) is 106 cm³/mol. The molecule has 2 atom stereocenters. The number of benzene rings is 1. The van der Waals surface area contributed by atoms with Gasteiger partial charge in [-0.05, 0) is 56.2 Å². The third-order valence-electron chi connectivity index (χ3n) is 5.22. The second-order valence-corrected chi connectivity index (χ2v) is 8.43. The van der Waals surface area contributed by atoms with Gasteiger partial charge in [0.15, 0.2) is 11.9 Å². The summed E-state index contributed by atoms with van der Waals surface area (Å²) in [6, 6.07) is 7.28. The van der Waals surface area contributed by atoms with Crippen molar-refractivity contribution in [3.05, 3.63) is 62.0 Å². The van der Waals surface area contributed by atoms with E-state index in [0.717, 1.165) is 35.2 Å². The smallest absolute Gasteiger partial charge is 0.339 e. The largest absolute Gasteiger partial charge is 0.451 e. The van der Waals surface area contributed by atoms with E-state index in [1.807, 2.05) is 19.1 Å². The van der Waals surface area contributed by atoms with Crippen LogP contribution < -0.4 is 5.56 Å². The van der Waals surface area contributed by atoms with Crippen LogP contribution in [0.25, 0.3) is 10.2 Å².